The van der Waals surface area contributed by atoms with Crippen LogP contribution in [0.3, 0.4) is 0 Å². The fourth-order valence-corrected chi connectivity index (χ4v) is 5.88. The Hall–Kier alpha value is -1.88. The molecule has 0 aliphatic carbocycles. The number of hydrogen-bond acceptors (Lipinski definition) is 4. The highest BCUT2D eigenvalue weighted by Crippen LogP contribution is 2.25. The van der Waals surface area contributed by atoms with Crippen molar-refractivity contribution < 1.29 is 0 Å². The van der Waals surface area contributed by atoms with E-state index in [1.165, 1.54) is 89.3 Å². The van der Waals surface area contributed by atoms with Crippen molar-refractivity contribution in [2.24, 2.45) is 0 Å². The molecule has 0 aromatic heterocycles. The summed E-state index contributed by atoms with van der Waals surface area (Å²) in [6.45, 7) is 11.0. The van der Waals surface area contributed by atoms with Crippen LogP contribution in [-0.4, -0.2) is 79.1 Å². The number of hydrogen-bond donors (Lipinski definition) is 0. The fourth-order valence-electron chi connectivity index (χ4n) is 5.88. The lowest BCUT2D eigenvalue weighted by molar-refractivity contribution is 0.0515. The van der Waals surface area contributed by atoms with E-state index in [9.17, 15) is 0 Å². The van der Waals surface area contributed by atoms with Crippen LogP contribution in [0.25, 0.3) is 0 Å². The lowest BCUT2D eigenvalue weighted by Crippen LogP contribution is -2.55. The minimum Gasteiger partial charge on any atom is -0.369 e. The van der Waals surface area contributed by atoms with E-state index in [0.29, 0.717) is 0 Å². The van der Waals surface area contributed by atoms with E-state index in [1.54, 1.807) is 0 Å². The Kier molecular flexibility index (Phi) is 6.88. The molecule has 3 saturated heterocycles. The number of nitrogens with zero attached hydrogens (tertiary/aromatic N) is 4. The minimum absolute atomic E-state index is 0.798. The number of piperazine rings is 1. The second kappa shape index (κ2) is 10.2. The van der Waals surface area contributed by atoms with Crippen molar-refractivity contribution in [1.82, 2.24) is 14.7 Å². The Balaban J connectivity index is 1.03. The van der Waals surface area contributed by atoms with Gasteiger partial charge in [-0.25, -0.2) is 0 Å². The largest absolute Gasteiger partial charge is 0.369 e. The first-order valence-electron chi connectivity index (χ1n) is 12.4. The first-order valence-corrected chi connectivity index (χ1v) is 12.4. The van der Waals surface area contributed by atoms with Gasteiger partial charge in [-0.3, -0.25) is 9.80 Å². The van der Waals surface area contributed by atoms with Gasteiger partial charge in [-0.1, -0.05) is 48.5 Å². The molecule has 3 heterocycles. The quantitative estimate of drug-likeness (QED) is 0.729. The summed E-state index contributed by atoms with van der Waals surface area (Å²) in [6.07, 6.45) is 5.39. The van der Waals surface area contributed by atoms with E-state index >= 15 is 0 Å². The Morgan fingerprint density at radius 1 is 0.548 bits per heavy atom. The van der Waals surface area contributed by atoms with Gasteiger partial charge in [-0.15, -0.1) is 0 Å². The number of likely N-dealkylation sites (tertiary alicyclic amines) is 2. The summed E-state index contributed by atoms with van der Waals surface area (Å²) in [5.74, 6) is 0. The maximum Gasteiger partial charge on any atom is 0.0367 e. The van der Waals surface area contributed by atoms with Crippen LogP contribution in [0.5, 0.6) is 0 Å². The van der Waals surface area contributed by atoms with Crippen molar-refractivity contribution in [2.45, 2.75) is 44.3 Å². The minimum atomic E-state index is 0.798. The van der Waals surface area contributed by atoms with Crippen molar-refractivity contribution >= 4 is 5.69 Å². The zero-order chi connectivity index (χ0) is 20.9. The van der Waals surface area contributed by atoms with Crippen LogP contribution >= 0.6 is 0 Å². The van der Waals surface area contributed by atoms with Crippen LogP contribution in [0.1, 0.15) is 31.2 Å². The third kappa shape index (κ3) is 5.31. The molecule has 0 radical (unpaired) electrons. The molecule has 0 saturated carbocycles. The number of rotatable bonds is 5. The maximum atomic E-state index is 2.82. The SMILES string of the molecule is c1ccc(CN2CCC(N3CCC(N4CCN(c5ccccc5)CC4)CC3)CC2)cc1. The monoisotopic (exact) mass is 418 g/mol. The molecule has 5 rings (SSSR count). The molecule has 2 aromatic rings. The molecule has 0 unspecified atom stereocenters. The van der Waals surface area contributed by atoms with Crippen molar-refractivity contribution in [3.8, 4) is 0 Å². The Bertz CT molecular complexity index is 771. The summed E-state index contributed by atoms with van der Waals surface area (Å²) in [5.41, 5.74) is 2.84. The Labute approximate surface area is 188 Å². The molecule has 0 spiro atoms. The van der Waals surface area contributed by atoms with Crippen LogP contribution < -0.4 is 4.90 Å². The van der Waals surface area contributed by atoms with Crippen molar-refractivity contribution in [3.05, 3.63) is 66.2 Å². The van der Waals surface area contributed by atoms with Crippen LogP contribution in [0.4, 0.5) is 5.69 Å². The van der Waals surface area contributed by atoms with Gasteiger partial charge in [0.1, 0.15) is 0 Å². The van der Waals surface area contributed by atoms with Crippen molar-refractivity contribution in [2.75, 3.05) is 57.3 Å². The molecule has 2 aromatic carbocycles. The van der Waals surface area contributed by atoms with Gasteiger partial charge < -0.3 is 9.80 Å². The fraction of sp³-hybridized carbons (Fsp3) is 0.556. The van der Waals surface area contributed by atoms with Crippen molar-refractivity contribution in [1.29, 1.82) is 0 Å². The molecule has 0 bridgehead atoms. The molecule has 4 nitrogen and oxygen atoms in total. The van der Waals surface area contributed by atoms with Gasteiger partial charge in [-0.2, -0.15) is 0 Å². The average Bonchev–Trinajstić information content (AvgIpc) is 2.86. The third-order valence-corrected chi connectivity index (χ3v) is 7.77. The molecular weight excluding hydrogens is 380 g/mol. The van der Waals surface area contributed by atoms with Gasteiger partial charge in [0, 0.05) is 50.5 Å². The predicted octanol–water partition coefficient (Wildman–Crippen LogP) is 3.94. The van der Waals surface area contributed by atoms with E-state index in [-0.39, 0.29) is 0 Å². The zero-order valence-corrected chi connectivity index (χ0v) is 18.9. The highest BCUT2D eigenvalue weighted by Gasteiger charge is 2.31. The summed E-state index contributed by atoms with van der Waals surface area (Å²) >= 11 is 0. The molecule has 3 aliphatic heterocycles. The summed E-state index contributed by atoms with van der Waals surface area (Å²) in [6, 6.07) is 23.5. The van der Waals surface area contributed by atoms with Crippen LogP contribution in [0.15, 0.2) is 60.7 Å². The van der Waals surface area contributed by atoms with Crippen LogP contribution in [-0.2, 0) is 6.54 Å². The number of benzene rings is 2. The van der Waals surface area contributed by atoms with Gasteiger partial charge in [0.25, 0.3) is 0 Å². The summed E-state index contributed by atoms with van der Waals surface area (Å²) < 4.78 is 0. The lowest BCUT2D eigenvalue weighted by Gasteiger charge is -2.46. The molecule has 31 heavy (non-hydrogen) atoms. The Morgan fingerprint density at radius 2 is 1.06 bits per heavy atom. The highest BCUT2D eigenvalue weighted by molar-refractivity contribution is 5.46. The Morgan fingerprint density at radius 3 is 1.68 bits per heavy atom. The van der Waals surface area contributed by atoms with E-state index in [1.807, 2.05) is 0 Å². The smallest absolute Gasteiger partial charge is 0.0367 e. The lowest BCUT2D eigenvalue weighted by atomic mass is 9.96. The third-order valence-electron chi connectivity index (χ3n) is 7.77. The topological polar surface area (TPSA) is 13.0 Å². The average molecular weight is 419 g/mol. The molecule has 0 amide bonds. The normalized spacial score (nSPS) is 23.3. The standard InChI is InChI=1S/C27H38N4/c1-3-7-24(8-4-1)23-28-15-11-26(12-16-28)29-17-13-27(14-18-29)31-21-19-30(20-22-31)25-9-5-2-6-10-25/h1-10,26-27H,11-23H2. The highest BCUT2D eigenvalue weighted by atomic mass is 15.3. The van der Waals surface area contributed by atoms with Gasteiger partial charge >= 0.3 is 0 Å². The first kappa shape index (κ1) is 21.0. The number of para-hydroxylation sites is 1. The summed E-state index contributed by atoms with van der Waals surface area (Å²) in [7, 11) is 0. The molecule has 166 valence electrons. The summed E-state index contributed by atoms with van der Waals surface area (Å²) in [4.78, 5) is 10.8. The first-order chi connectivity index (χ1) is 15.3. The molecule has 3 fully saturated rings. The number of piperidine rings is 2. The molecule has 0 N–H and O–H groups in total. The van der Waals surface area contributed by atoms with E-state index in [0.717, 1.165) is 18.6 Å². The predicted molar refractivity (Wildman–Crippen MR) is 130 cm³/mol. The van der Waals surface area contributed by atoms with E-state index in [4.69, 9.17) is 0 Å². The molecule has 0 atom stereocenters. The second-order valence-corrected chi connectivity index (χ2v) is 9.62. The van der Waals surface area contributed by atoms with Gasteiger partial charge in [0.2, 0.25) is 0 Å². The zero-order valence-electron chi connectivity index (χ0n) is 18.9. The molecular formula is C27H38N4. The van der Waals surface area contributed by atoms with Gasteiger partial charge in [-0.05, 0) is 69.6 Å². The van der Waals surface area contributed by atoms with Crippen LogP contribution in [0.2, 0.25) is 0 Å². The number of anilines is 1. The van der Waals surface area contributed by atoms with Crippen molar-refractivity contribution in [3.63, 3.8) is 0 Å². The van der Waals surface area contributed by atoms with Gasteiger partial charge in [0.05, 0.1) is 0 Å². The van der Waals surface area contributed by atoms with E-state index < -0.39 is 0 Å². The second-order valence-electron chi connectivity index (χ2n) is 9.62. The summed E-state index contributed by atoms with van der Waals surface area (Å²) in [5, 5.41) is 0. The van der Waals surface area contributed by atoms with E-state index in [2.05, 4.69) is 80.3 Å². The van der Waals surface area contributed by atoms with Crippen LogP contribution in [0, 0.1) is 0 Å². The molecule has 4 heteroatoms. The molecule has 3 aliphatic rings. The van der Waals surface area contributed by atoms with Gasteiger partial charge in [0.15, 0.2) is 0 Å². The maximum absolute atomic E-state index is 2.82.